The van der Waals surface area contributed by atoms with Gasteiger partial charge < -0.3 is 5.73 Å². The highest BCUT2D eigenvalue weighted by Gasteiger charge is 2.13. The Kier molecular flexibility index (Phi) is 2.67. The lowest BCUT2D eigenvalue weighted by molar-refractivity contribution is 0.771. The van der Waals surface area contributed by atoms with Gasteiger partial charge >= 0.3 is 0 Å². The van der Waals surface area contributed by atoms with E-state index in [9.17, 15) is 0 Å². The lowest BCUT2D eigenvalue weighted by atomic mass is 10.2. The molecule has 0 amide bonds. The van der Waals surface area contributed by atoms with Gasteiger partial charge in [-0.15, -0.1) is 0 Å². The first-order valence-corrected chi connectivity index (χ1v) is 6.50. The quantitative estimate of drug-likeness (QED) is 0.807. The number of nitrogens with zero attached hydrogens (tertiary/aromatic N) is 2. The van der Waals surface area contributed by atoms with Crippen molar-refractivity contribution in [3.8, 4) is 0 Å². The van der Waals surface area contributed by atoms with Crippen LogP contribution in [0, 0.1) is 6.92 Å². The van der Waals surface area contributed by atoms with Gasteiger partial charge in [-0.3, -0.25) is 9.98 Å². The maximum absolute atomic E-state index is 5.89. The lowest BCUT2D eigenvalue weighted by Gasteiger charge is -2.03. The monoisotopic (exact) mass is 301 g/mol. The first-order valence-electron chi connectivity index (χ1n) is 5.71. The third kappa shape index (κ3) is 1.93. The number of nitrogen functional groups attached to an aromatic ring is 1. The topological polar surface area (TPSA) is 50.7 Å². The summed E-state index contributed by atoms with van der Waals surface area (Å²) in [5.41, 5.74) is 8.79. The molecule has 4 heteroatoms. The van der Waals surface area contributed by atoms with Gasteiger partial charge in [0, 0.05) is 10.2 Å². The van der Waals surface area contributed by atoms with E-state index in [0.29, 0.717) is 0 Å². The number of fused-ring (bicyclic) bond motifs is 1. The Morgan fingerprint density at radius 3 is 2.33 bits per heavy atom. The molecule has 1 aliphatic heterocycles. The van der Waals surface area contributed by atoms with Crippen molar-refractivity contribution in [3.63, 3.8) is 0 Å². The molecule has 2 aromatic carbocycles. The molecule has 90 valence electrons. The van der Waals surface area contributed by atoms with E-state index in [2.05, 4.69) is 25.9 Å². The number of halogens is 1. The molecule has 2 aromatic rings. The largest absolute Gasteiger partial charge is 0.398 e. The van der Waals surface area contributed by atoms with E-state index >= 15 is 0 Å². The molecule has 0 saturated carbocycles. The molecule has 3 rings (SSSR count). The summed E-state index contributed by atoms with van der Waals surface area (Å²) in [6, 6.07) is 12.0. The van der Waals surface area contributed by atoms with Gasteiger partial charge in [-0.25, -0.2) is 0 Å². The van der Waals surface area contributed by atoms with Gasteiger partial charge in [0.15, 0.2) is 6.17 Å². The van der Waals surface area contributed by atoms with E-state index in [4.69, 9.17) is 5.73 Å². The van der Waals surface area contributed by atoms with E-state index in [1.807, 2.05) is 43.3 Å². The molecule has 1 heterocycles. The van der Waals surface area contributed by atoms with Crippen LogP contribution < -0.4 is 16.4 Å². The van der Waals surface area contributed by atoms with Crippen LogP contribution in [0.4, 0.5) is 5.69 Å². The summed E-state index contributed by atoms with van der Waals surface area (Å²) in [5, 5.41) is 1.81. The SMILES string of the molecule is Cc1cc2c(cc1N)=N[C@H](c1ccc(Br)cc1)N=2. The third-order valence-electron chi connectivity index (χ3n) is 3.05. The van der Waals surface area contributed by atoms with Crippen LogP contribution in [-0.2, 0) is 0 Å². The minimum atomic E-state index is -0.144. The Morgan fingerprint density at radius 2 is 1.67 bits per heavy atom. The number of benzene rings is 2. The zero-order valence-corrected chi connectivity index (χ0v) is 11.5. The van der Waals surface area contributed by atoms with Crippen LogP contribution in [0.25, 0.3) is 0 Å². The molecular weight excluding hydrogens is 290 g/mol. The van der Waals surface area contributed by atoms with Crippen molar-refractivity contribution in [1.29, 1.82) is 0 Å². The average molecular weight is 302 g/mol. The molecular formula is C14H12BrN3. The molecule has 0 bridgehead atoms. The van der Waals surface area contributed by atoms with Crippen molar-refractivity contribution in [2.24, 2.45) is 9.98 Å². The average Bonchev–Trinajstić information content (AvgIpc) is 2.73. The van der Waals surface area contributed by atoms with E-state index < -0.39 is 0 Å². The molecule has 1 aliphatic rings. The predicted molar refractivity (Wildman–Crippen MR) is 74.8 cm³/mol. The molecule has 0 radical (unpaired) electrons. The Balaban J connectivity index is 2.09. The number of nitrogens with two attached hydrogens (primary N) is 1. The predicted octanol–water partition coefficient (Wildman–Crippen LogP) is 2.29. The van der Waals surface area contributed by atoms with Crippen LogP contribution in [0.2, 0.25) is 0 Å². The molecule has 0 saturated heterocycles. The minimum absolute atomic E-state index is 0.144. The molecule has 3 nitrogen and oxygen atoms in total. The van der Waals surface area contributed by atoms with Crippen molar-refractivity contribution in [1.82, 2.24) is 0 Å². The molecule has 18 heavy (non-hydrogen) atoms. The molecule has 0 fully saturated rings. The van der Waals surface area contributed by atoms with Crippen molar-refractivity contribution >= 4 is 21.6 Å². The summed E-state index contributed by atoms with van der Waals surface area (Å²) >= 11 is 3.42. The fourth-order valence-corrected chi connectivity index (χ4v) is 2.24. The smallest absolute Gasteiger partial charge is 0.166 e. The maximum atomic E-state index is 5.89. The second-order valence-corrected chi connectivity index (χ2v) is 5.30. The summed E-state index contributed by atoms with van der Waals surface area (Å²) in [7, 11) is 0. The second kappa shape index (κ2) is 4.21. The van der Waals surface area contributed by atoms with Crippen LogP contribution in [0.5, 0.6) is 0 Å². The van der Waals surface area contributed by atoms with Gasteiger partial charge in [-0.1, -0.05) is 28.1 Å². The second-order valence-electron chi connectivity index (χ2n) is 4.38. The minimum Gasteiger partial charge on any atom is -0.398 e. The highest BCUT2D eigenvalue weighted by Crippen LogP contribution is 2.21. The van der Waals surface area contributed by atoms with Crippen LogP contribution in [0.3, 0.4) is 0 Å². The van der Waals surface area contributed by atoms with Crippen LogP contribution in [-0.4, -0.2) is 0 Å². The van der Waals surface area contributed by atoms with Crippen molar-refractivity contribution in [2.75, 3.05) is 5.73 Å². The fourth-order valence-electron chi connectivity index (χ4n) is 1.98. The van der Waals surface area contributed by atoms with Crippen molar-refractivity contribution in [2.45, 2.75) is 13.1 Å². The van der Waals surface area contributed by atoms with E-state index in [1.54, 1.807) is 0 Å². The van der Waals surface area contributed by atoms with Gasteiger partial charge in [-0.05, 0) is 42.3 Å². The lowest BCUT2D eigenvalue weighted by Crippen LogP contribution is -2.22. The van der Waals surface area contributed by atoms with Gasteiger partial charge in [0.2, 0.25) is 0 Å². The molecule has 0 aromatic heterocycles. The third-order valence-corrected chi connectivity index (χ3v) is 3.58. The molecule has 0 aliphatic carbocycles. The van der Waals surface area contributed by atoms with Crippen molar-refractivity contribution < 1.29 is 0 Å². The van der Waals surface area contributed by atoms with Crippen molar-refractivity contribution in [3.05, 3.63) is 62.7 Å². The molecule has 0 spiro atoms. The Hall–Kier alpha value is -1.68. The first-order chi connectivity index (χ1) is 8.63. The highest BCUT2D eigenvalue weighted by molar-refractivity contribution is 9.10. The summed E-state index contributed by atoms with van der Waals surface area (Å²) in [5.74, 6) is 0. The van der Waals surface area contributed by atoms with E-state index in [0.717, 1.165) is 32.0 Å². The normalized spacial score (nSPS) is 16.9. The van der Waals surface area contributed by atoms with Gasteiger partial charge in [-0.2, -0.15) is 0 Å². The fraction of sp³-hybridized carbons (Fsp3) is 0.143. The molecule has 2 N–H and O–H groups in total. The number of rotatable bonds is 1. The van der Waals surface area contributed by atoms with Crippen LogP contribution in [0.15, 0.2) is 50.9 Å². The number of hydrogen-bond acceptors (Lipinski definition) is 3. The first kappa shape index (κ1) is 11.4. The van der Waals surface area contributed by atoms with E-state index in [1.165, 1.54) is 0 Å². The summed E-state index contributed by atoms with van der Waals surface area (Å²) in [4.78, 5) is 9.21. The number of anilines is 1. The molecule has 0 unspecified atom stereocenters. The van der Waals surface area contributed by atoms with Gasteiger partial charge in [0.1, 0.15) is 0 Å². The number of hydrogen-bond donors (Lipinski definition) is 1. The Morgan fingerprint density at radius 1 is 1.06 bits per heavy atom. The van der Waals surface area contributed by atoms with Gasteiger partial charge in [0.25, 0.3) is 0 Å². The molecule has 1 atom stereocenters. The zero-order valence-electron chi connectivity index (χ0n) is 9.89. The standard InChI is InChI=1S/C14H12BrN3/c1-8-6-12-13(7-11(8)16)18-14(17-12)9-2-4-10(15)5-3-9/h2-7,14H,16H2,1H3/t14-/m1/s1. The summed E-state index contributed by atoms with van der Waals surface area (Å²) < 4.78 is 1.06. The summed E-state index contributed by atoms with van der Waals surface area (Å²) in [6.07, 6.45) is -0.144. The zero-order chi connectivity index (χ0) is 12.7. The Labute approximate surface area is 113 Å². The van der Waals surface area contributed by atoms with Gasteiger partial charge in [0.05, 0.1) is 10.7 Å². The number of aryl methyl sites for hydroxylation is 1. The maximum Gasteiger partial charge on any atom is 0.166 e. The van der Waals surface area contributed by atoms with Crippen LogP contribution in [0.1, 0.15) is 17.3 Å². The Bertz CT molecular complexity index is 679. The van der Waals surface area contributed by atoms with E-state index in [-0.39, 0.29) is 6.17 Å². The highest BCUT2D eigenvalue weighted by atomic mass is 79.9. The summed E-state index contributed by atoms with van der Waals surface area (Å²) in [6.45, 7) is 1.98. The van der Waals surface area contributed by atoms with Crippen LogP contribution >= 0.6 is 15.9 Å².